The van der Waals surface area contributed by atoms with Crippen molar-refractivity contribution >= 4 is 11.8 Å². The van der Waals surface area contributed by atoms with E-state index in [0.717, 1.165) is 51.6 Å². The summed E-state index contributed by atoms with van der Waals surface area (Å²) >= 11 is 0. The number of hydrogen-bond acceptors (Lipinski definition) is 4. The first kappa shape index (κ1) is 16.8. The molecule has 0 N–H and O–H groups in total. The van der Waals surface area contributed by atoms with Crippen LogP contribution in [0.3, 0.4) is 0 Å². The van der Waals surface area contributed by atoms with E-state index >= 15 is 0 Å². The van der Waals surface area contributed by atoms with Crippen molar-refractivity contribution in [3.63, 3.8) is 0 Å². The van der Waals surface area contributed by atoms with Gasteiger partial charge in [0.05, 0.1) is 24.0 Å². The maximum Gasteiger partial charge on any atom is 0.309 e. The smallest absolute Gasteiger partial charge is 0.309 e. The summed E-state index contributed by atoms with van der Waals surface area (Å²) in [5.74, 6) is 1.58. The van der Waals surface area contributed by atoms with Gasteiger partial charge in [0.2, 0.25) is 0 Å². The minimum atomic E-state index is -0.398. The van der Waals surface area contributed by atoms with E-state index < -0.39 is 5.41 Å². The van der Waals surface area contributed by atoms with Crippen LogP contribution in [0.1, 0.15) is 58.8 Å². The van der Waals surface area contributed by atoms with Gasteiger partial charge in [0.15, 0.2) is 5.78 Å². The average molecular weight is 370 g/mol. The number of Topliss-reactive ketones (excluding diaryl/α,β-unsaturated/α-hetero) is 1. The van der Waals surface area contributed by atoms with Crippen LogP contribution in [0.15, 0.2) is 11.1 Å². The van der Waals surface area contributed by atoms with Crippen molar-refractivity contribution in [1.29, 1.82) is 0 Å². The number of methoxy groups -OCH3 is 1. The van der Waals surface area contributed by atoms with E-state index in [1.807, 2.05) is 0 Å². The molecule has 4 aliphatic carbocycles. The van der Waals surface area contributed by atoms with E-state index in [2.05, 4.69) is 18.7 Å². The van der Waals surface area contributed by atoms with E-state index in [-0.39, 0.29) is 28.8 Å². The number of fused-ring (bicyclic) bond motifs is 1. The number of carbonyl (C=O) groups excluding carboxylic acids is 2. The molecule has 0 unspecified atom stereocenters. The molecule has 4 heteroatoms. The monoisotopic (exact) mass is 369 g/mol. The molecule has 4 bridgehead atoms. The van der Waals surface area contributed by atoms with Crippen molar-refractivity contribution in [2.45, 2.75) is 64.3 Å². The molecule has 2 saturated carbocycles. The van der Waals surface area contributed by atoms with Gasteiger partial charge < -0.3 is 4.74 Å². The van der Waals surface area contributed by atoms with Gasteiger partial charge in [-0.25, -0.2) is 0 Å². The lowest BCUT2D eigenvalue weighted by Crippen LogP contribution is -2.74. The molecular weight excluding hydrogens is 338 g/mol. The van der Waals surface area contributed by atoms with Crippen molar-refractivity contribution in [3.05, 3.63) is 11.1 Å². The molecular formula is C23H31NO3. The molecule has 3 saturated heterocycles. The summed E-state index contributed by atoms with van der Waals surface area (Å²) in [5, 5.41) is 0. The second kappa shape index (κ2) is 4.87. The van der Waals surface area contributed by atoms with Crippen molar-refractivity contribution in [2.24, 2.45) is 34.5 Å². The first-order valence-corrected chi connectivity index (χ1v) is 11.0. The summed E-state index contributed by atoms with van der Waals surface area (Å²) in [7, 11) is 1.51. The zero-order valence-electron chi connectivity index (χ0n) is 16.8. The van der Waals surface area contributed by atoms with Gasteiger partial charge in [0.1, 0.15) is 0 Å². The Morgan fingerprint density at radius 2 is 1.96 bits per heavy atom. The molecule has 0 aromatic heterocycles. The largest absolute Gasteiger partial charge is 0.469 e. The van der Waals surface area contributed by atoms with E-state index in [4.69, 9.17) is 4.74 Å². The first-order valence-electron chi connectivity index (χ1n) is 11.0. The number of rotatable bonds is 1. The van der Waals surface area contributed by atoms with Gasteiger partial charge in [0.25, 0.3) is 0 Å². The number of carbonyl (C=O) groups is 2. The van der Waals surface area contributed by atoms with E-state index in [1.165, 1.54) is 19.1 Å². The van der Waals surface area contributed by atoms with E-state index in [1.54, 1.807) is 5.57 Å². The summed E-state index contributed by atoms with van der Waals surface area (Å²) in [5.41, 5.74) is 2.35. The fourth-order valence-corrected chi connectivity index (χ4v) is 8.93. The lowest BCUT2D eigenvalue weighted by molar-refractivity contribution is -0.169. The lowest BCUT2D eigenvalue weighted by Gasteiger charge is -2.62. The molecule has 4 nitrogen and oxygen atoms in total. The second-order valence-electron chi connectivity index (χ2n) is 10.6. The molecule has 0 aromatic rings. The molecule has 0 aromatic carbocycles. The lowest BCUT2D eigenvalue weighted by atomic mass is 9.45. The SMILES string of the molecule is COC(=O)[C@H]1C[C@@]23C(=O)[C@@]45CC[C@]2(C)[C@@H](CCC2=C3[C@H]1CC2)CN4C[C@@H]5C. The minimum absolute atomic E-state index is 0.00877. The van der Waals surface area contributed by atoms with Gasteiger partial charge in [0, 0.05) is 13.1 Å². The van der Waals surface area contributed by atoms with Crippen molar-refractivity contribution in [3.8, 4) is 0 Å². The average Bonchev–Trinajstić information content (AvgIpc) is 3.15. The van der Waals surface area contributed by atoms with Crippen LogP contribution < -0.4 is 0 Å². The minimum Gasteiger partial charge on any atom is -0.469 e. The second-order valence-corrected chi connectivity index (χ2v) is 10.6. The zero-order valence-corrected chi connectivity index (χ0v) is 16.8. The first-order chi connectivity index (χ1) is 12.9. The molecule has 7 rings (SSSR count). The highest BCUT2D eigenvalue weighted by Crippen LogP contribution is 2.75. The Kier molecular flexibility index (Phi) is 3.02. The molecule has 0 radical (unpaired) electrons. The molecule has 7 aliphatic rings. The molecule has 2 spiro atoms. The number of nitrogens with zero attached hydrogens (tertiary/aromatic N) is 1. The van der Waals surface area contributed by atoms with Crippen LogP contribution >= 0.6 is 0 Å². The summed E-state index contributed by atoms with van der Waals surface area (Å²) in [4.78, 5) is 29.8. The number of hydrogen-bond donors (Lipinski definition) is 0. The van der Waals surface area contributed by atoms with Crippen molar-refractivity contribution in [1.82, 2.24) is 4.90 Å². The van der Waals surface area contributed by atoms with Crippen LogP contribution in [0.2, 0.25) is 0 Å². The fraction of sp³-hybridized carbons (Fsp3) is 0.826. The quantitative estimate of drug-likeness (QED) is 0.525. The molecule has 3 heterocycles. The Morgan fingerprint density at radius 1 is 1.19 bits per heavy atom. The van der Waals surface area contributed by atoms with Gasteiger partial charge in [-0.15, -0.1) is 0 Å². The van der Waals surface area contributed by atoms with Crippen LogP contribution in [0.5, 0.6) is 0 Å². The van der Waals surface area contributed by atoms with Crippen molar-refractivity contribution < 1.29 is 14.3 Å². The molecule has 0 amide bonds. The Morgan fingerprint density at radius 3 is 2.70 bits per heavy atom. The highest BCUT2D eigenvalue weighted by Gasteiger charge is 2.77. The van der Waals surface area contributed by atoms with Gasteiger partial charge in [-0.3, -0.25) is 14.5 Å². The predicted octanol–water partition coefficient (Wildman–Crippen LogP) is 3.36. The van der Waals surface area contributed by atoms with Crippen LogP contribution in [-0.2, 0) is 14.3 Å². The van der Waals surface area contributed by atoms with Crippen LogP contribution in [0.4, 0.5) is 0 Å². The van der Waals surface area contributed by atoms with Crippen LogP contribution in [0, 0.1) is 34.5 Å². The molecule has 146 valence electrons. The molecule has 5 fully saturated rings. The highest BCUT2D eigenvalue weighted by molar-refractivity contribution is 6.01. The molecule has 27 heavy (non-hydrogen) atoms. The van der Waals surface area contributed by atoms with Crippen molar-refractivity contribution in [2.75, 3.05) is 20.2 Å². The number of allylic oxidation sites excluding steroid dienone is 2. The van der Waals surface area contributed by atoms with Crippen LogP contribution in [0.25, 0.3) is 0 Å². The van der Waals surface area contributed by atoms with Gasteiger partial charge in [-0.05, 0) is 68.1 Å². The summed E-state index contributed by atoms with van der Waals surface area (Å²) < 4.78 is 5.23. The Bertz CT molecular complexity index is 801. The fourth-order valence-electron chi connectivity index (χ4n) is 8.93. The molecule has 3 aliphatic heterocycles. The molecule has 7 atom stereocenters. The Labute approximate surface area is 161 Å². The van der Waals surface area contributed by atoms with E-state index in [9.17, 15) is 9.59 Å². The van der Waals surface area contributed by atoms with Gasteiger partial charge in [-0.1, -0.05) is 25.0 Å². The number of ether oxygens (including phenoxy) is 1. The van der Waals surface area contributed by atoms with Crippen LogP contribution in [-0.4, -0.2) is 42.4 Å². The summed E-state index contributed by atoms with van der Waals surface area (Å²) in [6.45, 7) is 6.86. The summed E-state index contributed by atoms with van der Waals surface area (Å²) in [6.07, 6.45) is 7.40. The van der Waals surface area contributed by atoms with Gasteiger partial charge in [-0.2, -0.15) is 0 Å². The summed E-state index contributed by atoms with van der Waals surface area (Å²) in [6, 6.07) is 0. The highest BCUT2D eigenvalue weighted by atomic mass is 16.5. The Hall–Kier alpha value is -1.16. The predicted molar refractivity (Wildman–Crippen MR) is 101 cm³/mol. The topological polar surface area (TPSA) is 46.6 Å². The number of esters is 1. The maximum absolute atomic E-state index is 14.5. The third-order valence-corrected chi connectivity index (χ3v) is 10.3. The normalized spacial score (nSPS) is 52.8. The van der Waals surface area contributed by atoms with E-state index in [0.29, 0.717) is 17.6 Å². The Balaban J connectivity index is 1.62. The zero-order chi connectivity index (χ0) is 18.8. The number of ketones is 1. The standard InChI is InChI=1S/C23H31NO3/c1-13-11-24-12-15-6-4-14-5-7-16-17(19(25)27-3)10-22(18(14)16)20(26)23(13,24)9-8-21(15,22)2/h13,15-17H,4-12H2,1-3H3/t13-,15-,16-,17-,21+,22+,23-/m0/s1. The van der Waals surface area contributed by atoms with Gasteiger partial charge >= 0.3 is 5.97 Å². The third kappa shape index (κ3) is 1.54. The third-order valence-electron chi connectivity index (χ3n) is 10.3. The maximum atomic E-state index is 14.5.